The lowest BCUT2D eigenvalue weighted by molar-refractivity contribution is 0.0735. The van der Waals surface area contributed by atoms with E-state index in [9.17, 15) is 4.79 Å². The molecule has 4 heteroatoms. The van der Waals surface area contributed by atoms with E-state index in [-0.39, 0.29) is 18.4 Å². The molecule has 0 fully saturated rings. The Hall–Kier alpha value is -1.84. The first-order valence-corrected chi connectivity index (χ1v) is 5.36. The van der Waals surface area contributed by atoms with Gasteiger partial charge in [0.25, 0.3) is 0 Å². The van der Waals surface area contributed by atoms with Crippen molar-refractivity contribution >= 4 is 18.4 Å². The van der Waals surface area contributed by atoms with Gasteiger partial charge in [-0.05, 0) is 29.8 Å². The van der Waals surface area contributed by atoms with Crippen LogP contribution < -0.4 is 10.5 Å². The third kappa shape index (κ3) is 3.58. The molecule has 0 amide bonds. The summed E-state index contributed by atoms with van der Waals surface area (Å²) in [6.07, 6.45) is 0. The van der Waals surface area contributed by atoms with Crippen LogP contribution in [0.5, 0.6) is 5.75 Å². The number of benzene rings is 2. The molecule has 0 heterocycles. The Balaban J connectivity index is 0.00000162. The van der Waals surface area contributed by atoms with Gasteiger partial charge in [0.1, 0.15) is 5.75 Å². The van der Waals surface area contributed by atoms with Crippen LogP contribution in [-0.2, 0) is 6.54 Å². The largest absolute Gasteiger partial charge is 0.423 e. The zero-order valence-electron chi connectivity index (χ0n) is 9.71. The summed E-state index contributed by atoms with van der Waals surface area (Å²) in [6.45, 7) is 0.479. The second-order valence-corrected chi connectivity index (χ2v) is 3.60. The molecule has 0 radical (unpaired) electrons. The summed E-state index contributed by atoms with van der Waals surface area (Å²) in [5.41, 5.74) is 7.03. The van der Waals surface area contributed by atoms with Crippen molar-refractivity contribution in [2.75, 3.05) is 0 Å². The predicted octanol–water partition coefficient (Wildman–Crippen LogP) is 2.79. The minimum absolute atomic E-state index is 0. The monoisotopic (exact) mass is 263 g/mol. The highest BCUT2D eigenvalue weighted by molar-refractivity contribution is 5.90. The number of carbonyl (C=O) groups excluding carboxylic acids is 1. The average Bonchev–Trinajstić information content (AvgIpc) is 2.40. The maximum absolute atomic E-state index is 11.7. The van der Waals surface area contributed by atoms with Crippen molar-refractivity contribution in [3.63, 3.8) is 0 Å². The summed E-state index contributed by atoms with van der Waals surface area (Å²) in [7, 11) is 0. The summed E-state index contributed by atoms with van der Waals surface area (Å²) in [4.78, 5) is 11.7. The van der Waals surface area contributed by atoms with Crippen molar-refractivity contribution in [1.82, 2.24) is 0 Å². The Morgan fingerprint density at radius 2 is 1.61 bits per heavy atom. The molecule has 18 heavy (non-hydrogen) atoms. The quantitative estimate of drug-likeness (QED) is 0.684. The van der Waals surface area contributed by atoms with Crippen LogP contribution in [0.2, 0.25) is 0 Å². The number of esters is 1. The lowest BCUT2D eigenvalue weighted by Gasteiger charge is -2.04. The molecule has 94 valence electrons. The van der Waals surface area contributed by atoms with E-state index in [0.29, 0.717) is 17.9 Å². The molecule has 0 unspecified atom stereocenters. The van der Waals surface area contributed by atoms with Crippen LogP contribution in [0.25, 0.3) is 0 Å². The van der Waals surface area contributed by atoms with Crippen molar-refractivity contribution < 1.29 is 9.53 Å². The van der Waals surface area contributed by atoms with Crippen LogP contribution in [-0.4, -0.2) is 5.97 Å². The fourth-order valence-corrected chi connectivity index (χ4v) is 1.43. The van der Waals surface area contributed by atoms with Crippen molar-refractivity contribution in [3.8, 4) is 5.75 Å². The highest BCUT2D eigenvalue weighted by Crippen LogP contribution is 2.13. The minimum atomic E-state index is -0.355. The Labute approximate surface area is 112 Å². The lowest BCUT2D eigenvalue weighted by Crippen LogP contribution is -2.08. The van der Waals surface area contributed by atoms with Gasteiger partial charge < -0.3 is 10.5 Å². The Morgan fingerprint density at radius 1 is 1.00 bits per heavy atom. The van der Waals surface area contributed by atoms with Gasteiger partial charge in [0.05, 0.1) is 5.56 Å². The number of hydrogen-bond donors (Lipinski definition) is 1. The second kappa shape index (κ2) is 6.79. The zero-order chi connectivity index (χ0) is 12.1. The summed E-state index contributed by atoms with van der Waals surface area (Å²) < 4.78 is 5.22. The number of hydrogen-bond acceptors (Lipinski definition) is 3. The molecular formula is C14H14ClNO2. The smallest absolute Gasteiger partial charge is 0.343 e. The van der Waals surface area contributed by atoms with Crippen molar-refractivity contribution in [2.45, 2.75) is 6.54 Å². The molecule has 2 aromatic rings. The van der Waals surface area contributed by atoms with Gasteiger partial charge in [-0.3, -0.25) is 0 Å². The topological polar surface area (TPSA) is 52.3 Å². The summed E-state index contributed by atoms with van der Waals surface area (Å²) >= 11 is 0. The Bertz CT molecular complexity index is 497. The molecule has 2 aromatic carbocycles. The first-order chi connectivity index (χ1) is 8.29. The summed E-state index contributed by atoms with van der Waals surface area (Å²) in [5, 5.41) is 0. The van der Waals surface area contributed by atoms with Crippen LogP contribution in [0.3, 0.4) is 0 Å². The van der Waals surface area contributed by atoms with Crippen LogP contribution in [0, 0.1) is 0 Å². The number of halogens is 1. The van der Waals surface area contributed by atoms with Crippen LogP contribution in [0.15, 0.2) is 54.6 Å². The maximum Gasteiger partial charge on any atom is 0.343 e. The fraction of sp³-hybridized carbons (Fsp3) is 0.0714. The van der Waals surface area contributed by atoms with Gasteiger partial charge in [0.15, 0.2) is 0 Å². The van der Waals surface area contributed by atoms with E-state index >= 15 is 0 Å². The normalized spacial score (nSPS) is 9.39. The molecule has 2 N–H and O–H groups in total. The molecular weight excluding hydrogens is 250 g/mol. The fourth-order valence-electron chi connectivity index (χ4n) is 1.43. The number of nitrogens with two attached hydrogens (primary N) is 1. The molecule has 0 aromatic heterocycles. The average molecular weight is 264 g/mol. The van der Waals surface area contributed by atoms with E-state index in [1.807, 2.05) is 18.2 Å². The third-order valence-electron chi connectivity index (χ3n) is 2.38. The van der Waals surface area contributed by atoms with Crippen LogP contribution in [0.4, 0.5) is 0 Å². The molecule has 0 spiro atoms. The highest BCUT2D eigenvalue weighted by atomic mass is 35.5. The Kier molecular flexibility index (Phi) is 5.36. The predicted molar refractivity (Wildman–Crippen MR) is 73.0 cm³/mol. The van der Waals surface area contributed by atoms with Gasteiger partial charge in [-0.25, -0.2) is 4.79 Å². The van der Waals surface area contributed by atoms with E-state index in [2.05, 4.69) is 0 Å². The van der Waals surface area contributed by atoms with E-state index in [0.717, 1.165) is 5.56 Å². The van der Waals surface area contributed by atoms with E-state index in [1.165, 1.54) is 0 Å². The molecule has 3 nitrogen and oxygen atoms in total. The van der Waals surface area contributed by atoms with Crippen molar-refractivity contribution in [1.29, 1.82) is 0 Å². The first kappa shape index (κ1) is 14.2. The highest BCUT2D eigenvalue weighted by Gasteiger charge is 2.06. The minimum Gasteiger partial charge on any atom is -0.423 e. The molecule has 0 saturated heterocycles. The summed E-state index contributed by atoms with van der Waals surface area (Å²) in [6, 6.07) is 16.1. The van der Waals surface area contributed by atoms with Gasteiger partial charge in [-0.15, -0.1) is 12.4 Å². The van der Waals surface area contributed by atoms with E-state index < -0.39 is 0 Å². The number of ether oxygens (including phenoxy) is 1. The lowest BCUT2D eigenvalue weighted by atomic mass is 10.2. The van der Waals surface area contributed by atoms with E-state index in [4.69, 9.17) is 10.5 Å². The molecule has 0 saturated carbocycles. The summed E-state index contributed by atoms with van der Waals surface area (Å²) in [5.74, 6) is 0.169. The van der Waals surface area contributed by atoms with Gasteiger partial charge in [-0.1, -0.05) is 30.3 Å². The van der Waals surface area contributed by atoms with Crippen molar-refractivity contribution in [3.05, 3.63) is 65.7 Å². The molecule has 0 aliphatic carbocycles. The van der Waals surface area contributed by atoms with Gasteiger partial charge in [0.2, 0.25) is 0 Å². The molecule has 0 aliphatic rings. The molecule has 0 aliphatic heterocycles. The third-order valence-corrected chi connectivity index (χ3v) is 2.38. The SMILES string of the molecule is Cl.NCc1ccc(OC(=O)c2ccccc2)cc1. The molecule has 0 atom stereocenters. The molecule has 2 rings (SSSR count). The van der Waals surface area contributed by atoms with Crippen LogP contribution in [0.1, 0.15) is 15.9 Å². The van der Waals surface area contributed by atoms with Gasteiger partial charge >= 0.3 is 5.97 Å². The Morgan fingerprint density at radius 3 is 2.17 bits per heavy atom. The first-order valence-electron chi connectivity index (χ1n) is 5.36. The number of carbonyl (C=O) groups is 1. The molecule has 0 bridgehead atoms. The van der Waals surface area contributed by atoms with Crippen molar-refractivity contribution in [2.24, 2.45) is 5.73 Å². The van der Waals surface area contributed by atoms with Gasteiger partial charge in [0, 0.05) is 6.54 Å². The second-order valence-electron chi connectivity index (χ2n) is 3.60. The van der Waals surface area contributed by atoms with Crippen LogP contribution >= 0.6 is 12.4 Å². The van der Waals surface area contributed by atoms with E-state index in [1.54, 1.807) is 36.4 Å². The maximum atomic E-state index is 11.7. The standard InChI is InChI=1S/C14H13NO2.ClH/c15-10-11-6-8-13(9-7-11)17-14(16)12-4-2-1-3-5-12;/h1-9H,10,15H2;1H. The number of rotatable bonds is 3. The zero-order valence-corrected chi connectivity index (χ0v) is 10.5. The van der Waals surface area contributed by atoms with Gasteiger partial charge in [-0.2, -0.15) is 0 Å².